The van der Waals surface area contributed by atoms with E-state index in [-0.39, 0.29) is 29.9 Å². The Hall–Kier alpha value is -0.440. The van der Waals surface area contributed by atoms with Crippen LogP contribution >= 0.6 is 25.3 Å². The van der Waals surface area contributed by atoms with Gasteiger partial charge in [-0.05, 0) is 6.42 Å². The van der Waals surface area contributed by atoms with E-state index in [1.807, 2.05) is 6.92 Å². The fourth-order valence-electron chi connectivity index (χ4n) is 0.635. The number of aliphatic carboxylic acids is 2. The highest BCUT2D eigenvalue weighted by Gasteiger charge is 1.99. The van der Waals surface area contributed by atoms with Crippen LogP contribution in [0.4, 0.5) is 0 Å². The summed E-state index contributed by atoms with van der Waals surface area (Å²) in [7, 11) is 0. The molecule has 8 heteroatoms. The van der Waals surface area contributed by atoms with E-state index in [2.05, 4.69) is 25.3 Å². The maximum Gasteiger partial charge on any atom is 0.304 e. The second-order valence-corrected chi connectivity index (χ2v) is 5.90. The van der Waals surface area contributed by atoms with Crippen LogP contribution in [0.2, 0.25) is 0 Å². The molecule has 0 heterocycles. The van der Waals surface area contributed by atoms with Crippen molar-refractivity contribution in [2.75, 3.05) is 6.61 Å². The summed E-state index contributed by atoms with van der Waals surface area (Å²) >= 11 is 7.71. The van der Waals surface area contributed by atoms with Crippen molar-refractivity contribution >= 4 is 37.2 Å². The molecular weight excluding hydrogens is 304 g/mol. The van der Waals surface area contributed by atoms with Gasteiger partial charge in [-0.1, -0.05) is 20.8 Å². The minimum Gasteiger partial charge on any atom is -0.481 e. The Morgan fingerprint density at radius 3 is 1.30 bits per heavy atom. The molecule has 0 bridgehead atoms. The van der Waals surface area contributed by atoms with E-state index >= 15 is 0 Å². The molecule has 4 N–H and O–H groups in total. The molecule has 0 amide bonds. The lowest BCUT2D eigenvalue weighted by molar-refractivity contribution is -0.137. The van der Waals surface area contributed by atoms with Crippen LogP contribution in [0, 0.1) is 0 Å². The van der Waals surface area contributed by atoms with Gasteiger partial charge in [0.15, 0.2) is 0 Å². The molecule has 0 aliphatic rings. The first kappa shape index (κ1) is 24.6. The summed E-state index contributed by atoms with van der Waals surface area (Å²) in [5, 5.41) is 32.5. The van der Waals surface area contributed by atoms with E-state index in [1.54, 1.807) is 13.8 Å². The number of thiol groups is 2. The number of carboxylic acid groups (broad SMARTS) is 2. The predicted molar refractivity (Wildman–Crippen MR) is 84.8 cm³/mol. The first-order valence-corrected chi connectivity index (χ1v) is 7.18. The monoisotopic (exact) mass is 330 g/mol. The molecule has 0 aromatic heterocycles. The molecule has 0 spiro atoms. The molecule has 0 fully saturated rings. The predicted octanol–water partition coefficient (Wildman–Crippen LogP) is 1.31. The van der Waals surface area contributed by atoms with Crippen LogP contribution in [0.1, 0.15) is 40.0 Å². The highest BCUT2D eigenvalue weighted by Crippen LogP contribution is 1.97. The second kappa shape index (κ2) is 16.6. The SMILES string of the molecule is CC(S)CC(=O)O.CC(S)CC(=O)O.CCC(O)CO. The van der Waals surface area contributed by atoms with E-state index in [1.165, 1.54) is 0 Å². The fraction of sp³-hybridized carbons (Fsp3) is 0.833. The molecule has 122 valence electrons. The van der Waals surface area contributed by atoms with Crippen molar-refractivity contribution in [1.82, 2.24) is 0 Å². The zero-order chi connectivity index (χ0) is 16.7. The zero-order valence-electron chi connectivity index (χ0n) is 12.1. The molecule has 0 aliphatic carbocycles. The van der Waals surface area contributed by atoms with Gasteiger partial charge in [0, 0.05) is 10.5 Å². The Morgan fingerprint density at radius 2 is 1.30 bits per heavy atom. The Bertz CT molecular complexity index is 222. The van der Waals surface area contributed by atoms with Crippen molar-refractivity contribution < 1.29 is 30.0 Å². The van der Waals surface area contributed by atoms with Crippen LogP contribution < -0.4 is 0 Å². The maximum atomic E-state index is 9.76. The van der Waals surface area contributed by atoms with Crippen LogP contribution in [-0.4, -0.2) is 55.6 Å². The van der Waals surface area contributed by atoms with E-state index < -0.39 is 18.0 Å². The average Bonchev–Trinajstić information content (AvgIpc) is 2.25. The lowest BCUT2D eigenvalue weighted by Crippen LogP contribution is -2.08. The van der Waals surface area contributed by atoms with Gasteiger partial charge in [-0.2, -0.15) is 25.3 Å². The average molecular weight is 330 g/mol. The van der Waals surface area contributed by atoms with Gasteiger partial charge in [0.05, 0.1) is 25.6 Å². The first-order valence-electron chi connectivity index (χ1n) is 6.15. The second-order valence-electron chi connectivity index (χ2n) is 4.14. The minimum absolute atomic E-state index is 0.0301. The number of carbonyl (C=O) groups is 2. The molecule has 0 radical (unpaired) electrons. The molecule has 0 saturated carbocycles. The largest absolute Gasteiger partial charge is 0.481 e. The summed E-state index contributed by atoms with van der Waals surface area (Å²) < 4.78 is 0. The molecule has 0 aliphatic heterocycles. The highest BCUT2D eigenvalue weighted by atomic mass is 32.1. The van der Waals surface area contributed by atoms with Crippen molar-refractivity contribution in [2.45, 2.75) is 56.6 Å². The van der Waals surface area contributed by atoms with Crippen LogP contribution in [0.15, 0.2) is 0 Å². The summed E-state index contributed by atoms with van der Waals surface area (Å²) in [6.07, 6.45) is 0.410. The quantitative estimate of drug-likeness (QED) is 0.409. The zero-order valence-corrected chi connectivity index (χ0v) is 13.8. The van der Waals surface area contributed by atoms with Gasteiger partial charge >= 0.3 is 11.9 Å². The van der Waals surface area contributed by atoms with Gasteiger partial charge in [0.2, 0.25) is 0 Å². The fourth-order valence-corrected chi connectivity index (χ4v) is 0.947. The maximum absolute atomic E-state index is 9.76. The van der Waals surface area contributed by atoms with Crippen molar-refractivity contribution in [3.63, 3.8) is 0 Å². The molecule has 6 nitrogen and oxygen atoms in total. The molecule has 3 unspecified atom stereocenters. The summed E-state index contributed by atoms with van der Waals surface area (Å²) in [4.78, 5) is 19.5. The van der Waals surface area contributed by atoms with E-state index in [0.29, 0.717) is 6.42 Å². The lowest BCUT2D eigenvalue weighted by Gasteiger charge is -1.97. The summed E-state index contributed by atoms with van der Waals surface area (Å²) in [6, 6.07) is 0. The van der Waals surface area contributed by atoms with Crippen molar-refractivity contribution in [2.24, 2.45) is 0 Å². The van der Waals surface area contributed by atoms with Gasteiger partial charge in [-0.15, -0.1) is 0 Å². The normalized spacial score (nSPS) is 13.8. The standard InChI is InChI=1S/2C4H8O2S.C4H10O2/c2*1-3(7)2-4(5)6;1-2-4(6)3-5/h2*3,7H,2H2,1H3,(H,5,6);4-6H,2-3H2,1H3. The van der Waals surface area contributed by atoms with E-state index in [0.717, 1.165) is 0 Å². The molecular formula is C12H26O6S2. The molecule has 0 saturated heterocycles. The van der Waals surface area contributed by atoms with Crippen molar-refractivity contribution in [1.29, 1.82) is 0 Å². The number of carboxylic acids is 2. The van der Waals surface area contributed by atoms with Crippen LogP contribution in [0.5, 0.6) is 0 Å². The molecule has 0 rings (SSSR count). The van der Waals surface area contributed by atoms with Gasteiger partial charge < -0.3 is 20.4 Å². The third-order valence-corrected chi connectivity index (χ3v) is 1.99. The summed E-state index contributed by atoms with van der Waals surface area (Å²) in [5.74, 6) is -1.58. The number of rotatable bonds is 6. The number of hydrogen-bond donors (Lipinski definition) is 6. The van der Waals surface area contributed by atoms with Crippen molar-refractivity contribution in [3.8, 4) is 0 Å². The highest BCUT2D eigenvalue weighted by molar-refractivity contribution is 7.81. The molecule has 0 aromatic rings. The van der Waals surface area contributed by atoms with Crippen LogP contribution in [0.3, 0.4) is 0 Å². The number of aliphatic hydroxyl groups is 2. The van der Waals surface area contributed by atoms with Crippen LogP contribution in [-0.2, 0) is 9.59 Å². The van der Waals surface area contributed by atoms with Gasteiger partial charge in [0.1, 0.15) is 0 Å². The molecule has 20 heavy (non-hydrogen) atoms. The van der Waals surface area contributed by atoms with E-state index in [4.69, 9.17) is 20.4 Å². The van der Waals surface area contributed by atoms with Gasteiger partial charge in [-0.25, -0.2) is 0 Å². The Balaban J connectivity index is -0.000000218. The Labute approximate surface area is 131 Å². The minimum atomic E-state index is -0.789. The molecule has 0 aromatic carbocycles. The Kier molecular flexibility index (Phi) is 20.4. The number of hydrogen-bond acceptors (Lipinski definition) is 6. The third-order valence-electron chi connectivity index (χ3n) is 1.62. The Morgan fingerprint density at radius 1 is 1.00 bits per heavy atom. The summed E-state index contributed by atoms with van der Waals surface area (Å²) in [6.45, 7) is 5.20. The smallest absolute Gasteiger partial charge is 0.304 e. The topological polar surface area (TPSA) is 115 Å². The summed E-state index contributed by atoms with van der Waals surface area (Å²) in [5.41, 5.74) is 0. The lowest BCUT2D eigenvalue weighted by atomic mass is 10.3. The third kappa shape index (κ3) is 36.0. The molecule has 3 atom stereocenters. The van der Waals surface area contributed by atoms with Gasteiger partial charge in [-0.3, -0.25) is 9.59 Å². The van der Waals surface area contributed by atoms with Crippen LogP contribution in [0.25, 0.3) is 0 Å². The van der Waals surface area contributed by atoms with E-state index in [9.17, 15) is 9.59 Å². The van der Waals surface area contributed by atoms with Gasteiger partial charge in [0.25, 0.3) is 0 Å². The van der Waals surface area contributed by atoms with Crippen molar-refractivity contribution in [3.05, 3.63) is 0 Å². The first-order chi connectivity index (χ1) is 9.06. The number of aliphatic hydroxyl groups excluding tert-OH is 2.